The lowest BCUT2D eigenvalue weighted by Gasteiger charge is -2.05. The fraction of sp³-hybridized carbons (Fsp3) is 0.207. The molecule has 0 atom stereocenters. The van der Waals surface area contributed by atoms with E-state index in [0.29, 0.717) is 11.5 Å². The van der Waals surface area contributed by atoms with Crippen molar-refractivity contribution in [1.29, 1.82) is 0 Å². The van der Waals surface area contributed by atoms with Crippen molar-refractivity contribution in [2.75, 3.05) is 6.54 Å². The number of imidazole rings is 1. The number of rotatable bonds is 8. The van der Waals surface area contributed by atoms with Gasteiger partial charge in [-0.15, -0.1) is 0 Å². The maximum absolute atomic E-state index is 4.92. The Balaban J connectivity index is 0.00000156. The van der Waals surface area contributed by atoms with E-state index in [2.05, 4.69) is 50.0 Å². The van der Waals surface area contributed by atoms with Crippen LogP contribution in [0.1, 0.15) is 43.4 Å². The van der Waals surface area contributed by atoms with Crippen LogP contribution >= 0.6 is 0 Å². The molecule has 5 rings (SSSR count). The Morgan fingerprint density at radius 1 is 1.11 bits per heavy atom. The van der Waals surface area contributed by atoms with Crippen molar-refractivity contribution < 1.29 is 0 Å². The maximum Gasteiger partial charge on any atom is 0.161 e. The molecule has 37 heavy (non-hydrogen) atoms. The summed E-state index contributed by atoms with van der Waals surface area (Å²) in [4.78, 5) is 22.1. The van der Waals surface area contributed by atoms with E-state index in [1.807, 2.05) is 69.6 Å². The average molecular weight is 493 g/mol. The number of aromatic nitrogens is 7. The molecule has 3 N–H and O–H groups in total. The first-order valence-corrected chi connectivity index (χ1v) is 12.5. The third-order valence-corrected chi connectivity index (χ3v) is 5.67. The number of H-pyrrole nitrogens is 2. The maximum atomic E-state index is 4.92. The molecular formula is C29H32N8. The molecule has 0 aliphatic heterocycles. The Morgan fingerprint density at radius 2 is 1.97 bits per heavy atom. The van der Waals surface area contributed by atoms with Crippen molar-refractivity contribution in [3.05, 3.63) is 96.4 Å². The molecule has 0 radical (unpaired) electrons. The Kier molecular flexibility index (Phi) is 8.33. The number of nitrogens with one attached hydrogen (secondary N) is 3. The van der Waals surface area contributed by atoms with Gasteiger partial charge < -0.3 is 10.3 Å². The lowest BCUT2D eigenvalue weighted by atomic mass is 10.1. The van der Waals surface area contributed by atoms with Crippen LogP contribution in [0.5, 0.6) is 0 Å². The largest absolute Gasteiger partial charge is 0.340 e. The van der Waals surface area contributed by atoms with E-state index < -0.39 is 0 Å². The highest BCUT2D eigenvalue weighted by Crippen LogP contribution is 2.30. The van der Waals surface area contributed by atoms with E-state index in [4.69, 9.17) is 9.97 Å². The summed E-state index contributed by atoms with van der Waals surface area (Å²) in [6.07, 6.45) is 9.13. The van der Waals surface area contributed by atoms with Crippen LogP contribution in [0.2, 0.25) is 0 Å². The number of nitrogens with zero attached hydrogens (tertiary/aromatic N) is 5. The summed E-state index contributed by atoms with van der Waals surface area (Å²) in [6.45, 7) is 13.6. The molecule has 5 aromatic rings. The third kappa shape index (κ3) is 5.54. The second-order valence-corrected chi connectivity index (χ2v) is 8.12. The van der Waals surface area contributed by atoms with Crippen LogP contribution in [0.4, 0.5) is 0 Å². The molecule has 8 heteroatoms. The molecule has 0 fully saturated rings. The van der Waals surface area contributed by atoms with Crippen molar-refractivity contribution in [2.24, 2.45) is 0 Å². The van der Waals surface area contributed by atoms with Crippen molar-refractivity contribution >= 4 is 16.6 Å². The van der Waals surface area contributed by atoms with Gasteiger partial charge in [0, 0.05) is 42.0 Å². The minimum absolute atomic E-state index is 0.637. The van der Waals surface area contributed by atoms with Crippen LogP contribution in [0.3, 0.4) is 0 Å². The topological polar surface area (TPSA) is 108 Å². The molecule has 0 amide bonds. The minimum Gasteiger partial charge on any atom is -0.340 e. The zero-order valence-corrected chi connectivity index (χ0v) is 21.7. The number of hydrogen-bond donors (Lipinski definition) is 3. The van der Waals surface area contributed by atoms with Crippen molar-refractivity contribution in [2.45, 2.75) is 34.2 Å². The molecular weight excluding hydrogens is 460 g/mol. The zero-order valence-electron chi connectivity index (χ0n) is 21.7. The zero-order chi connectivity index (χ0) is 26.2. The van der Waals surface area contributed by atoms with Crippen LogP contribution in [-0.2, 0) is 6.54 Å². The number of aromatic amines is 2. The number of hydrogen-bond acceptors (Lipinski definition) is 6. The van der Waals surface area contributed by atoms with E-state index in [9.17, 15) is 0 Å². The number of aryl methyl sites for hydroxylation is 1. The molecule has 5 aromatic heterocycles. The normalized spacial score (nSPS) is 11.3. The molecule has 8 nitrogen and oxygen atoms in total. The Labute approximate surface area is 217 Å². The first kappa shape index (κ1) is 25.7. The van der Waals surface area contributed by atoms with Gasteiger partial charge in [-0.05, 0) is 49.4 Å². The molecule has 0 unspecified atom stereocenters. The van der Waals surface area contributed by atoms with Crippen LogP contribution in [-0.4, -0.2) is 41.7 Å². The monoisotopic (exact) mass is 492 g/mol. The van der Waals surface area contributed by atoms with Gasteiger partial charge in [0.1, 0.15) is 5.52 Å². The molecule has 0 saturated heterocycles. The van der Waals surface area contributed by atoms with E-state index in [1.54, 1.807) is 12.3 Å². The van der Waals surface area contributed by atoms with Crippen LogP contribution in [0.15, 0.2) is 73.7 Å². The van der Waals surface area contributed by atoms with Gasteiger partial charge in [0.15, 0.2) is 11.5 Å². The highest BCUT2D eigenvalue weighted by atomic mass is 15.2. The standard InChI is InChI=1S/C27H26N8.C2H6/c1-4-8-20(22-9-6-7-12-30-22)24-17(3)31-27(33-24)26-25-23(34-35-26)11-10-21(32-25)19-13-18(14-28-5-2)15-29-16-19;1-2/h4,6-13,15-16,28H,1,5,14H2,2-3H3,(H,31,33)(H,34,35);1-2H3/b20-8-;. The summed E-state index contributed by atoms with van der Waals surface area (Å²) >= 11 is 0. The van der Waals surface area contributed by atoms with Crippen LogP contribution in [0.25, 0.3) is 39.4 Å². The molecule has 0 spiro atoms. The smallest absolute Gasteiger partial charge is 0.161 e. The average Bonchev–Trinajstić information content (AvgIpc) is 3.55. The third-order valence-electron chi connectivity index (χ3n) is 5.67. The van der Waals surface area contributed by atoms with Gasteiger partial charge in [0.2, 0.25) is 0 Å². The molecule has 5 heterocycles. The first-order chi connectivity index (χ1) is 18.2. The quantitative estimate of drug-likeness (QED) is 0.234. The molecule has 0 aromatic carbocycles. The van der Waals surface area contributed by atoms with Gasteiger partial charge in [-0.1, -0.05) is 45.6 Å². The fourth-order valence-corrected chi connectivity index (χ4v) is 3.98. The summed E-state index contributed by atoms with van der Waals surface area (Å²) in [5, 5.41) is 10.9. The van der Waals surface area contributed by atoms with Gasteiger partial charge in [-0.2, -0.15) is 5.10 Å². The summed E-state index contributed by atoms with van der Waals surface area (Å²) in [6, 6.07) is 11.9. The SMILES string of the molecule is C=C/C=C(/c1ccccn1)c1nc(-c2n[nH]c3ccc(-c4cncc(CNCC)c4)nc23)[nH]c1C.CC. The first-order valence-electron chi connectivity index (χ1n) is 12.5. The molecule has 0 bridgehead atoms. The molecule has 0 aliphatic carbocycles. The fourth-order valence-electron chi connectivity index (χ4n) is 3.98. The summed E-state index contributed by atoms with van der Waals surface area (Å²) < 4.78 is 0. The second-order valence-electron chi connectivity index (χ2n) is 8.12. The highest BCUT2D eigenvalue weighted by Gasteiger charge is 2.19. The van der Waals surface area contributed by atoms with E-state index >= 15 is 0 Å². The second kappa shape index (κ2) is 12.0. The van der Waals surface area contributed by atoms with Crippen LogP contribution < -0.4 is 5.32 Å². The number of fused-ring (bicyclic) bond motifs is 1. The number of allylic oxidation sites excluding steroid dienone is 2. The van der Waals surface area contributed by atoms with Crippen molar-refractivity contribution in [1.82, 2.24) is 40.4 Å². The van der Waals surface area contributed by atoms with Gasteiger partial charge >= 0.3 is 0 Å². The van der Waals surface area contributed by atoms with Crippen molar-refractivity contribution in [3.8, 4) is 22.8 Å². The van der Waals surface area contributed by atoms with Crippen molar-refractivity contribution in [3.63, 3.8) is 0 Å². The summed E-state index contributed by atoms with van der Waals surface area (Å²) in [5.41, 5.74) is 8.55. The minimum atomic E-state index is 0.637. The summed E-state index contributed by atoms with van der Waals surface area (Å²) in [7, 11) is 0. The van der Waals surface area contributed by atoms with Gasteiger partial charge in [0.25, 0.3) is 0 Å². The number of pyridine rings is 3. The Hall–Kier alpha value is -4.43. The predicted octanol–water partition coefficient (Wildman–Crippen LogP) is 5.87. The summed E-state index contributed by atoms with van der Waals surface area (Å²) in [5.74, 6) is 0.637. The van der Waals surface area contributed by atoms with Gasteiger partial charge in [-0.25, -0.2) is 9.97 Å². The van der Waals surface area contributed by atoms with E-state index in [0.717, 1.165) is 63.6 Å². The van der Waals surface area contributed by atoms with Crippen LogP contribution in [0, 0.1) is 6.92 Å². The Bertz CT molecular complexity index is 1510. The van der Waals surface area contributed by atoms with E-state index in [-0.39, 0.29) is 0 Å². The molecule has 188 valence electrons. The lowest BCUT2D eigenvalue weighted by Crippen LogP contribution is -2.11. The lowest BCUT2D eigenvalue weighted by molar-refractivity contribution is 0.724. The predicted molar refractivity (Wildman–Crippen MR) is 150 cm³/mol. The molecule has 0 aliphatic rings. The Morgan fingerprint density at radius 3 is 2.73 bits per heavy atom. The molecule has 0 saturated carbocycles. The van der Waals surface area contributed by atoms with E-state index in [1.165, 1.54) is 0 Å². The highest BCUT2D eigenvalue weighted by molar-refractivity contribution is 5.90. The van der Waals surface area contributed by atoms with Gasteiger partial charge in [-0.3, -0.25) is 15.1 Å². The van der Waals surface area contributed by atoms with Gasteiger partial charge in [0.05, 0.1) is 22.6 Å².